The van der Waals surface area contributed by atoms with E-state index in [-0.39, 0.29) is 0 Å². The number of hydrogen-bond acceptors (Lipinski definition) is 4. The van der Waals surface area contributed by atoms with Crippen LogP contribution in [0.15, 0.2) is 65.4 Å². The summed E-state index contributed by atoms with van der Waals surface area (Å²) in [5.74, 6) is 1.40. The Kier molecular flexibility index (Phi) is 4.52. The molecule has 5 heteroatoms. The molecule has 0 unspecified atom stereocenters. The Bertz CT molecular complexity index is 1130. The molecule has 0 bridgehead atoms. The summed E-state index contributed by atoms with van der Waals surface area (Å²) in [5, 5.41) is 0. The lowest BCUT2D eigenvalue weighted by Crippen LogP contribution is -2.31. The number of rotatable bonds is 4. The molecular formula is C24H24N4O. The smallest absolute Gasteiger partial charge is 0.195 e. The molecule has 1 aliphatic heterocycles. The van der Waals surface area contributed by atoms with Crippen molar-refractivity contribution < 1.29 is 4.42 Å². The van der Waals surface area contributed by atoms with Crippen LogP contribution in [0.3, 0.4) is 0 Å². The molecule has 0 atom stereocenters. The average molecular weight is 384 g/mol. The molecule has 1 aliphatic rings. The monoisotopic (exact) mass is 384 g/mol. The minimum Gasteiger partial charge on any atom is -0.461 e. The second-order valence-electron chi connectivity index (χ2n) is 7.67. The molecule has 0 saturated carbocycles. The van der Waals surface area contributed by atoms with Crippen molar-refractivity contribution in [3.63, 3.8) is 0 Å². The molecule has 5 rings (SSSR count). The zero-order chi connectivity index (χ0) is 19.8. The fourth-order valence-corrected chi connectivity index (χ4v) is 4.24. The van der Waals surface area contributed by atoms with Crippen LogP contribution in [0.1, 0.15) is 28.2 Å². The zero-order valence-electron chi connectivity index (χ0n) is 16.8. The van der Waals surface area contributed by atoms with Gasteiger partial charge in [0.1, 0.15) is 0 Å². The van der Waals surface area contributed by atoms with E-state index in [2.05, 4.69) is 64.7 Å². The van der Waals surface area contributed by atoms with Crippen LogP contribution in [-0.4, -0.2) is 26.0 Å². The highest BCUT2D eigenvalue weighted by molar-refractivity contribution is 5.47. The van der Waals surface area contributed by atoms with E-state index >= 15 is 0 Å². The third kappa shape index (κ3) is 3.38. The van der Waals surface area contributed by atoms with Crippen LogP contribution in [0.4, 0.5) is 0 Å². The molecule has 0 spiro atoms. The van der Waals surface area contributed by atoms with Gasteiger partial charge in [-0.3, -0.25) is 4.90 Å². The number of benzene rings is 1. The Morgan fingerprint density at radius 3 is 2.72 bits per heavy atom. The summed E-state index contributed by atoms with van der Waals surface area (Å²) in [6.45, 7) is 7.20. The van der Waals surface area contributed by atoms with E-state index < -0.39 is 0 Å². The maximum atomic E-state index is 5.44. The number of fused-ring (bicyclic) bond motifs is 1. The van der Waals surface area contributed by atoms with Gasteiger partial charge in [-0.2, -0.15) is 0 Å². The van der Waals surface area contributed by atoms with Crippen molar-refractivity contribution in [2.45, 2.75) is 33.4 Å². The van der Waals surface area contributed by atoms with Gasteiger partial charge in [-0.1, -0.05) is 18.2 Å². The van der Waals surface area contributed by atoms with Gasteiger partial charge in [0, 0.05) is 54.9 Å². The number of aromatic nitrogens is 3. The van der Waals surface area contributed by atoms with Gasteiger partial charge in [0.2, 0.25) is 0 Å². The quantitative estimate of drug-likeness (QED) is 0.512. The lowest BCUT2D eigenvalue weighted by Gasteiger charge is -2.28. The summed E-state index contributed by atoms with van der Waals surface area (Å²) < 4.78 is 7.78. The van der Waals surface area contributed by atoms with Crippen LogP contribution in [0, 0.1) is 13.8 Å². The molecule has 3 aromatic heterocycles. The van der Waals surface area contributed by atoms with Gasteiger partial charge < -0.3 is 8.98 Å². The summed E-state index contributed by atoms with van der Waals surface area (Å²) in [6.07, 6.45) is 4.55. The maximum absolute atomic E-state index is 5.44. The van der Waals surface area contributed by atoms with E-state index in [1.165, 1.54) is 28.2 Å². The van der Waals surface area contributed by atoms with E-state index in [1.54, 1.807) is 6.26 Å². The van der Waals surface area contributed by atoms with Crippen molar-refractivity contribution >= 4 is 0 Å². The minimum atomic E-state index is 0.675. The molecule has 0 aliphatic carbocycles. The lowest BCUT2D eigenvalue weighted by molar-refractivity contribution is 0.242. The third-order valence-electron chi connectivity index (χ3n) is 5.70. The highest BCUT2D eigenvalue weighted by atomic mass is 16.3. The van der Waals surface area contributed by atoms with Crippen LogP contribution < -0.4 is 0 Å². The Balaban J connectivity index is 1.36. The van der Waals surface area contributed by atoms with Crippen molar-refractivity contribution in [1.29, 1.82) is 0 Å². The first-order valence-corrected chi connectivity index (χ1v) is 10.0. The van der Waals surface area contributed by atoms with E-state index in [0.717, 1.165) is 37.5 Å². The number of aryl methyl sites for hydroxylation is 1. The Morgan fingerprint density at radius 1 is 1.07 bits per heavy atom. The summed E-state index contributed by atoms with van der Waals surface area (Å²) in [7, 11) is 0. The van der Waals surface area contributed by atoms with Crippen molar-refractivity contribution in [3.05, 3.63) is 89.2 Å². The second-order valence-corrected chi connectivity index (χ2v) is 7.67. The Hall–Kier alpha value is -3.18. The first-order valence-electron chi connectivity index (χ1n) is 10.0. The van der Waals surface area contributed by atoms with Gasteiger partial charge >= 0.3 is 0 Å². The Morgan fingerprint density at radius 2 is 1.93 bits per heavy atom. The number of furan rings is 1. The average Bonchev–Trinajstić information content (AvgIpc) is 3.37. The van der Waals surface area contributed by atoms with Crippen LogP contribution >= 0.6 is 0 Å². The van der Waals surface area contributed by atoms with Crippen LogP contribution in [0.2, 0.25) is 0 Å². The molecule has 0 saturated heterocycles. The molecule has 4 aromatic rings. The molecular weight excluding hydrogens is 360 g/mol. The van der Waals surface area contributed by atoms with Crippen molar-refractivity contribution in [3.8, 4) is 17.3 Å². The Labute approximate surface area is 170 Å². The summed E-state index contributed by atoms with van der Waals surface area (Å²) >= 11 is 0. The second kappa shape index (κ2) is 7.33. The van der Waals surface area contributed by atoms with E-state index in [4.69, 9.17) is 9.40 Å². The molecule has 29 heavy (non-hydrogen) atoms. The number of hydrogen-bond donors (Lipinski definition) is 0. The van der Waals surface area contributed by atoms with Gasteiger partial charge in [0.05, 0.1) is 12.0 Å². The molecule has 0 radical (unpaired) electrons. The van der Waals surface area contributed by atoms with Crippen LogP contribution in [0.5, 0.6) is 0 Å². The third-order valence-corrected chi connectivity index (χ3v) is 5.70. The number of para-hydroxylation sites is 1. The summed E-state index contributed by atoms with van der Waals surface area (Å²) in [5.41, 5.74) is 7.52. The summed E-state index contributed by atoms with van der Waals surface area (Å²) in [4.78, 5) is 11.7. The molecule has 0 amide bonds. The first kappa shape index (κ1) is 17.9. The molecule has 0 N–H and O–H groups in total. The number of nitrogens with zero attached hydrogens (tertiary/aromatic N) is 4. The minimum absolute atomic E-state index is 0.675. The van der Waals surface area contributed by atoms with Gasteiger partial charge in [0.15, 0.2) is 11.6 Å². The maximum Gasteiger partial charge on any atom is 0.195 e. The van der Waals surface area contributed by atoms with Gasteiger partial charge in [-0.25, -0.2) is 9.97 Å². The zero-order valence-corrected chi connectivity index (χ0v) is 16.8. The van der Waals surface area contributed by atoms with Gasteiger partial charge in [-0.05, 0) is 49.7 Å². The molecule has 0 fully saturated rings. The van der Waals surface area contributed by atoms with E-state index in [1.807, 2.05) is 18.3 Å². The van der Waals surface area contributed by atoms with E-state index in [9.17, 15) is 0 Å². The molecule has 1 aromatic carbocycles. The van der Waals surface area contributed by atoms with Gasteiger partial charge in [-0.15, -0.1) is 0 Å². The standard InChI is InChI=1S/C24H24N4O/c1-17-13-19(18(2)28(17)21-7-4-3-5-8-21)15-27-11-10-22-20(16-27)14-25-24(26-22)23-9-6-12-29-23/h3-9,12-14H,10-11,15-16H2,1-2H3. The SMILES string of the molecule is Cc1cc(CN2CCc3nc(-c4ccco4)ncc3C2)c(C)n1-c1ccccc1. The van der Waals surface area contributed by atoms with Crippen molar-refractivity contribution in [2.24, 2.45) is 0 Å². The van der Waals surface area contributed by atoms with Crippen LogP contribution in [0.25, 0.3) is 17.3 Å². The summed E-state index contributed by atoms with van der Waals surface area (Å²) in [6, 6.07) is 16.6. The first-order chi connectivity index (χ1) is 14.2. The molecule has 5 nitrogen and oxygen atoms in total. The highest BCUT2D eigenvalue weighted by Gasteiger charge is 2.21. The highest BCUT2D eigenvalue weighted by Crippen LogP contribution is 2.25. The fourth-order valence-electron chi connectivity index (χ4n) is 4.24. The van der Waals surface area contributed by atoms with Crippen molar-refractivity contribution in [2.75, 3.05) is 6.54 Å². The largest absolute Gasteiger partial charge is 0.461 e. The topological polar surface area (TPSA) is 47.1 Å². The predicted molar refractivity (Wildman–Crippen MR) is 113 cm³/mol. The molecule has 146 valence electrons. The fraction of sp³-hybridized carbons (Fsp3) is 0.250. The van der Waals surface area contributed by atoms with Crippen molar-refractivity contribution in [1.82, 2.24) is 19.4 Å². The molecule has 4 heterocycles. The normalized spacial score (nSPS) is 14.1. The van der Waals surface area contributed by atoms with Gasteiger partial charge in [0.25, 0.3) is 0 Å². The lowest BCUT2D eigenvalue weighted by atomic mass is 10.1. The predicted octanol–water partition coefficient (Wildman–Crippen LogP) is 4.70. The van der Waals surface area contributed by atoms with E-state index in [0.29, 0.717) is 5.82 Å². The van der Waals surface area contributed by atoms with Crippen LogP contribution in [-0.2, 0) is 19.5 Å².